The van der Waals surface area contributed by atoms with E-state index in [1.165, 1.54) is 57.8 Å². The van der Waals surface area contributed by atoms with E-state index in [2.05, 4.69) is 74.6 Å². The highest BCUT2D eigenvalue weighted by Crippen LogP contribution is 2.12. The Kier molecular flexibility index (Phi) is 32.7. The summed E-state index contributed by atoms with van der Waals surface area (Å²) in [5.41, 5.74) is 0. The van der Waals surface area contributed by atoms with Gasteiger partial charge in [-0.2, -0.15) is 0 Å². The summed E-state index contributed by atoms with van der Waals surface area (Å²) in [6.45, 7) is 5.11. The minimum absolute atomic E-state index is 0.190. The molecule has 0 bridgehead atoms. The van der Waals surface area contributed by atoms with Gasteiger partial charge in [0.15, 0.2) is 0 Å². The van der Waals surface area contributed by atoms with Crippen LogP contribution in [0.15, 0.2) is 60.8 Å². The van der Waals surface area contributed by atoms with Crippen molar-refractivity contribution in [3.05, 3.63) is 60.8 Å². The summed E-state index contributed by atoms with van der Waals surface area (Å²) in [5, 5.41) is 9.51. The van der Waals surface area contributed by atoms with Gasteiger partial charge in [-0.3, -0.25) is 4.79 Å². The number of carbonyl (C=O) groups is 1. The molecule has 0 rings (SSSR count). The van der Waals surface area contributed by atoms with Crippen LogP contribution in [0.5, 0.6) is 0 Å². The van der Waals surface area contributed by atoms with E-state index in [4.69, 9.17) is 9.47 Å². The van der Waals surface area contributed by atoms with Gasteiger partial charge in [0, 0.05) is 13.0 Å². The highest BCUT2D eigenvalue weighted by Gasteiger charge is 2.13. The molecule has 0 aliphatic carbocycles. The van der Waals surface area contributed by atoms with Crippen LogP contribution in [0.1, 0.15) is 142 Å². The van der Waals surface area contributed by atoms with E-state index >= 15 is 0 Å². The van der Waals surface area contributed by atoms with Gasteiger partial charge in [-0.25, -0.2) is 0 Å². The lowest BCUT2D eigenvalue weighted by Crippen LogP contribution is -2.27. The number of carbonyl (C=O) groups excluding carboxylic acids is 1. The average molecular weight is 573 g/mol. The van der Waals surface area contributed by atoms with Crippen molar-refractivity contribution in [2.45, 2.75) is 148 Å². The van der Waals surface area contributed by atoms with E-state index in [9.17, 15) is 9.90 Å². The monoisotopic (exact) mass is 572 g/mol. The van der Waals surface area contributed by atoms with Crippen molar-refractivity contribution in [2.75, 3.05) is 19.8 Å². The molecule has 0 aliphatic heterocycles. The molecule has 1 atom stereocenters. The van der Waals surface area contributed by atoms with E-state index in [-0.39, 0.29) is 19.2 Å². The molecular formula is C37H64O4. The molecule has 1 unspecified atom stereocenters. The maximum Gasteiger partial charge on any atom is 0.306 e. The Morgan fingerprint density at radius 2 is 1.10 bits per heavy atom. The Balaban J connectivity index is 3.58. The zero-order chi connectivity index (χ0) is 29.9. The lowest BCUT2D eigenvalue weighted by Gasteiger charge is -2.15. The normalized spacial score (nSPS) is 13.1. The van der Waals surface area contributed by atoms with Crippen molar-refractivity contribution in [3.8, 4) is 0 Å². The third-order valence-corrected chi connectivity index (χ3v) is 6.86. The van der Waals surface area contributed by atoms with Gasteiger partial charge in [-0.1, -0.05) is 139 Å². The van der Waals surface area contributed by atoms with Crippen LogP contribution in [0, 0.1) is 0 Å². The first-order chi connectivity index (χ1) is 20.2. The summed E-state index contributed by atoms with van der Waals surface area (Å²) in [7, 11) is 0. The van der Waals surface area contributed by atoms with Crippen molar-refractivity contribution in [1.29, 1.82) is 0 Å². The zero-order valence-corrected chi connectivity index (χ0v) is 26.8. The van der Waals surface area contributed by atoms with E-state index in [1.54, 1.807) is 0 Å². The fourth-order valence-electron chi connectivity index (χ4n) is 4.35. The molecule has 41 heavy (non-hydrogen) atoms. The summed E-state index contributed by atoms with van der Waals surface area (Å²) in [6, 6.07) is 0. The minimum Gasteiger partial charge on any atom is -0.457 e. The first-order valence-electron chi connectivity index (χ1n) is 16.9. The average Bonchev–Trinajstić information content (AvgIpc) is 2.98. The molecule has 0 fully saturated rings. The smallest absolute Gasteiger partial charge is 0.306 e. The van der Waals surface area contributed by atoms with Crippen molar-refractivity contribution in [3.63, 3.8) is 0 Å². The lowest BCUT2D eigenvalue weighted by atomic mass is 10.1. The van der Waals surface area contributed by atoms with Crippen molar-refractivity contribution < 1.29 is 19.4 Å². The van der Waals surface area contributed by atoms with Gasteiger partial charge in [-0.05, 0) is 57.8 Å². The fourth-order valence-corrected chi connectivity index (χ4v) is 4.35. The third-order valence-electron chi connectivity index (χ3n) is 6.86. The number of allylic oxidation sites excluding steroid dienone is 10. The predicted octanol–water partition coefficient (Wildman–Crippen LogP) is 10.5. The summed E-state index contributed by atoms with van der Waals surface area (Å²) < 4.78 is 11.0. The summed E-state index contributed by atoms with van der Waals surface area (Å²) in [6.07, 6.45) is 44.0. The fraction of sp³-hybridized carbons (Fsp3) is 0.703. The maximum atomic E-state index is 12.1. The maximum absolute atomic E-state index is 12.1. The van der Waals surface area contributed by atoms with Crippen LogP contribution in [0.3, 0.4) is 0 Å². The van der Waals surface area contributed by atoms with Gasteiger partial charge in [0.2, 0.25) is 0 Å². The number of aliphatic hydroxyl groups is 1. The SMILES string of the molecule is CC/C=C\C/C=C\C/C=C\C/C=C\C/C=C\CCCCOCC(CO)OC(=O)CCCCCCCCCCCCC. The number of aliphatic hydroxyl groups excluding tert-OH is 1. The topological polar surface area (TPSA) is 55.8 Å². The van der Waals surface area contributed by atoms with E-state index in [0.717, 1.165) is 64.2 Å². The van der Waals surface area contributed by atoms with Crippen LogP contribution in [0.4, 0.5) is 0 Å². The summed E-state index contributed by atoms with van der Waals surface area (Å²) in [4.78, 5) is 12.1. The number of hydrogen-bond acceptors (Lipinski definition) is 4. The molecule has 4 nitrogen and oxygen atoms in total. The molecule has 0 saturated carbocycles. The van der Waals surface area contributed by atoms with Crippen LogP contribution < -0.4 is 0 Å². The largest absolute Gasteiger partial charge is 0.457 e. The van der Waals surface area contributed by atoms with Gasteiger partial charge < -0.3 is 14.6 Å². The molecule has 0 heterocycles. The highest BCUT2D eigenvalue weighted by molar-refractivity contribution is 5.69. The summed E-state index contributed by atoms with van der Waals surface area (Å²) >= 11 is 0. The van der Waals surface area contributed by atoms with Crippen LogP contribution in [0.25, 0.3) is 0 Å². The molecule has 0 radical (unpaired) electrons. The molecule has 0 amide bonds. The van der Waals surface area contributed by atoms with Crippen molar-refractivity contribution in [1.82, 2.24) is 0 Å². The second-order valence-electron chi connectivity index (χ2n) is 10.9. The Morgan fingerprint density at radius 3 is 1.61 bits per heavy atom. The zero-order valence-electron chi connectivity index (χ0n) is 26.8. The third kappa shape index (κ3) is 32.5. The Hall–Kier alpha value is -1.91. The molecule has 236 valence electrons. The quantitative estimate of drug-likeness (QED) is 0.0528. The van der Waals surface area contributed by atoms with E-state index < -0.39 is 6.10 Å². The molecule has 0 aliphatic rings. The molecule has 0 aromatic heterocycles. The van der Waals surface area contributed by atoms with Crippen LogP contribution in [0.2, 0.25) is 0 Å². The van der Waals surface area contributed by atoms with Gasteiger partial charge in [0.1, 0.15) is 6.10 Å². The van der Waals surface area contributed by atoms with Gasteiger partial charge in [0.25, 0.3) is 0 Å². The minimum atomic E-state index is -0.554. The van der Waals surface area contributed by atoms with Crippen molar-refractivity contribution in [2.24, 2.45) is 0 Å². The number of rotatable bonds is 30. The number of hydrogen-bond donors (Lipinski definition) is 1. The highest BCUT2D eigenvalue weighted by atomic mass is 16.6. The number of esters is 1. The number of unbranched alkanes of at least 4 members (excludes halogenated alkanes) is 12. The first kappa shape index (κ1) is 39.1. The predicted molar refractivity (Wildman–Crippen MR) is 177 cm³/mol. The molecule has 4 heteroatoms. The van der Waals surface area contributed by atoms with Crippen molar-refractivity contribution >= 4 is 5.97 Å². The standard InChI is InChI=1S/C37H64O4/c1-3-5-7-9-11-13-15-16-17-18-19-20-21-23-25-27-29-31-33-40-35-36(34-38)41-37(39)32-30-28-26-24-22-14-12-10-8-6-4-2/h5,7,11,13,16-17,19-20,23,25,36,38H,3-4,6,8-10,12,14-15,18,21-22,24,26-35H2,1-2H3/b7-5-,13-11-,17-16-,20-19-,25-23-. The Morgan fingerprint density at radius 1 is 0.610 bits per heavy atom. The van der Waals surface area contributed by atoms with Crippen LogP contribution in [-0.4, -0.2) is 37.0 Å². The molecular weight excluding hydrogens is 508 g/mol. The Labute approximate surface area is 254 Å². The molecule has 0 aromatic carbocycles. The second kappa shape index (κ2) is 34.3. The van der Waals surface area contributed by atoms with Gasteiger partial charge in [-0.15, -0.1) is 0 Å². The van der Waals surface area contributed by atoms with Crippen LogP contribution >= 0.6 is 0 Å². The molecule has 0 aromatic rings. The van der Waals surface area contributed by atoms with Gasteiger partial charge >= 0.3 is 5.97 Å². The first-order valence-corrected chi connectivity index (χ1v) is 16.9. The van der Waals surface area contributed by atoms with E-state index in [0.29, 0.717) is 13.0 Å². The summed E-state index contributed by atoms with van der Waals surface area (Å²) in [5.74, 6) is -0.220. The second-order valence-corrected chi connectivity index (χ2v) is 10.9. The lowest BCUT2D eigenvalue weighted by molar-refractivity contribution is -0.154. The molecule has 0 spiro atoms. The van der Waals surface area contributed by atoms with Gasteiger partial charge in [0.05, 0.1) is 13.2 Å². The number of ether oxygens (including phenoxy) is 2. The van der Waals surface area contributed by atoms with E-state index in [1.807, 2.05) is 0 Å². The Bertz CT molecular complexity index is 689. The molecule has 1 N–H and O–H groups in total. The van der Waals surface area contributed by atoms with Crippen LogP contribution in [-0.2, 0) is 14.3 Å². The molecule has 0 saturated heterocycles.